The van der Waals surface area contributed by atoms with Gasteiger partial charge in [-0.2, -0.15) is 0 Å². The van der Waals surface area contributed by atoms with E-state index in [0.29, 0.717) is 16.6 Å². The Balaban J connectivity index is 0.00000192. The van der Waals surface area contributed by atoms with Crippen molar-refractivity contribution in [1.29, 1.82) is 0 Å². The molecule has 8 heteroatoms. The first kappa shape index (κ1) is 18.2. The van der Waals surface area contributed by atoms with Crippen LogP contribution < -0.4 is 10.6 Å². The lowest BCUT2D eigenvalue weighted by atomic mass is 9.99. The van der Waals surface area contributed by atoms with Gasteiger partial charge in [-0.25, -0.2) is 0 Å². The van der Waals surface area contributed by atoms with Crippen molar-refractivity contribution in [2.45, 2.75) is 50.2 Å². The van der Waals surface area contributed by atoms with E-state index in [9.17, 15) is 14.9 Å². The Morgan fingerprint density at radius 3 is 2.57 bits per heavy atom. The number of carbonyl (C=O) groups is 1. The van der Waals surface area contributed by atoms with Crippen LogP contribution in [0.1, 0.15) is 31.2 Å². The number of rotatable bonds is 4. The number of nitro groups is 1. The standard InChI is InChI=1S/C15H18BrN3O3.ClH/c16-14-8-13(19(21)22)4-1-9(14)5-15(20)18-12-6-10-2-3-11(7-12)17-10;/h1,4,8,10-12,17H,2-3,5-7H2,(H,18,20);1H. The molecular formula is C15H19BrClN3O3. The van der Waals surface area contributed by atoms with Gasteiger partial charge in [0.2, 0.25) is 5.91 Å². The lowest BCUT2D eigenvalue weighted by molar-refractivity contribution is -0.384. The van der Waals surface area contributed by atoms with Crippen molar-refractivity contribution in [3.8, 4) is 0 Å². The third kappa shape index (κ3) is 4.43. The molecule has 2 aliphatic heterocycles. The lowest BCUT2D eigenvalue weighted by Crippen LogP contribution is -2.48. The molecule has 2 atom stereocenters. The Hall–Kier alpha value is -1.18. The number of benzene rings is 1. The molecule has 1 aromatic carbocycles. The van der Waals surface area contributed by atoms with E-state index >= 15 is 0 Å². The molecule has 0 spiro atoms. The Labute approximate surface area is 149 Å². The topological polar surface area (TPSA) is 84.3 Å². The fourth-order valence-corrected chi connectivity index (χ4v) is 3.93. The summed E-state index contributed by atoms with van der Waals surface area (Å²) < 4.78 is 0.599. The molecule has 1 aromatic rings. The number of halogens is 2. The summed E-state index contributed by atoms with van der Waals surface area (Å²) in [5, 5.41) is 17.4. The summed E-state index contributed by atoms with van der Waals surface area (Å²) in [6, 6.07) is 5.81. The van der Waals surface area contributed by atoms with Gasteiger partial charge in [0.05, 0.1) is 11.3 Å². The molecule has 2 aliphatic rings. The summed E-state index contributed by atoms with van der Waals surface area (Å²) in [4.78, 5) is 22.5. The van der Waals surface area contributed by atoms with Crippen LogP contribution in [-0.4, -0.2) is 29.0 Å². The Bertz CT molecular complexity index is 602. The van der Waals surface area contributed by atoms with Gasteiger partial charge in [0.15, 0.2) is 0 Å². The second kappa shape index (κ2) is 7.59. The molecule has 3 rings (SSSR count). The van der Waals surface area contributed by atoms with Gasteiger partial charge in [0, 0.05) is 34.7 Å². The van der Waals surface area contributed by atoms with E-state index in [0.717, 1.165) is 18.4 Å². The number of nitro benzene ring substituents is 1. The summed E-state index contributed by atoms with van der Waals surface area (Å²) in [6.07, 6.45) is 4.61. The summed E-state index contributed by atoms with van der Waals surface area (Å²) in [6.45, 7) is 0. The van der Waals surface area contributed by atoms with Gasteiger partial charge in [-0.1, -0.05) is 22.0 Å². The average molecular weight is 405 g/mol. The Morgan fingerprint density at radius 1 is 1.35 bits per heavy atom. The minimum atomic E-state index is -0.445. The van der Waals surface area contributed by atoms with E-state index in [-0.39, 0.29) is 36.5 Å². The quantitative estimate of drug-likeness (QED) is 0.597. The smallest absolute Gasteiger partial charge is 0.270 e. The maximum absolute atomic E-state index is 12.2. The largest absolute Gasteiger partial charge is 0.353 e. The number of hydrogen-bond donors (Lipinski definition) is 2. The second-order valence-electron chi connectivity index (χ2n) is 6.08. The number of piperidine rings is 1. The van der Waals surface area contributed by atoms with Gasteiger partial charge in [-0.05, 0) is 31.2 Å². The van der Waals surface area contributed by atoms with Crippen molar-refractivity contribution in [3.63, 3.8) is 0 Å². The highest BCUT2D eigenvalue weighted by Gasteiger charge is 2.33. The van der Waals surface area contributed by atoms with Crippen molar-refractivity contribution >= 4 is 39.9 Å². The van der Waals surface area contributed by atoms with Gasteiger partial charge in [-0.15, -0.1) is 12.4 Å². The summed E-state index contributed by atoms with van der Waals surface area (Å²) in [7, 11) is 0. The first-order chi connectivity index (χ1) is 10.5. The van der Waals surface area contributed by atoms with E-state index < -0.39 is 4.92 Å². The predicted octanol–water partition coefficient (Wildman–Crippen LogP) is 2.72. The molecule has 2 bridgehead atoms. The highest BCUT2D eigenvalue weighted by atomic mass is 79.9. The molecule has 2 saturated heterocycles. The molecule has 6 nitrogen and oxygen atoms in total. The molecule has 0 aromatic heterocycles. The Morgan fingerprint density at radius 2 is 2.00 bits per heavy atom. The van der Waals surface area contributed by atoms with Gasteiger partial charge in [0.25, 0.3) is 5.69 Å². The zero-order valence-corrected chi connectivity index (χ0v) is 14.9. The van der Waals surface area contributed by atoms with Crippen LogP contribution in [0.4, 0.5) is 5.69 Å². The number of fused-ring (bicyclic) bond motifs is 2. The van der Waals surface area contributed by atoms with E-state index in [2.05, 4.69) is 26.6 Å². The van der Waals surface area contributed by atoms with Crippen LogP contribution >= 0.6 is 28.3 Å². The molecule has 1 amide bonds. The normalized spacial score (nSPS) is 25.5. The maximum atomic E-state index is 12.2. The SMILES string of the molecule is Cl.O=C(Cc1ccc([N+](=O)[O-])cc1Br)NC1CC2CCC(C1)N2. The van der Waals surface area contributed by atoms with Crippen LogP contribution in [0.15, 0.2) is 22.7 Å². The third-order valence-electron chi connectivity index (χ3n) is 4.44. The van der Waals surface area contributed by atoms with Crippen LogP contribution in [0.3, 0.4) is 0 Å². The maximum Gasteiger partial charge on any atom is 0.270 e. The van der Waals surface area contributed by atoms with Crippen LogP contribution in [0, 0.1) is 10.1 Å². The number of nitrogens with zero attached hydrogens (tertiary/aromatic N) is 1. The fraction of sp³-hybridized carbons (Fsp3) is 0.533. The minimum absolute atomic E-state index is 0. The number of hydrogen-bond acceptors (Lipinski definition) is 4. The molecule has 23 heavy (non-hydrogen) atoms. The molecule has 0 radical (unpaired) electrons. The van der Waals surface area contributed by atoms with Crippen molar-refractivity contribution in [2.75, 3.05) is 0 Å². The summed E-state index contributed by atoms with van der Waals surface area (Å²) in [5.74, 6) is -0.0270. The third-order valence-corrected chi connectivity index (χ3v) is 5.17. The van der Waals surface area contributed by atoms with Gasteiger partial charge in [-0.3, -0.25) is 14.9 Å². The first-order valence-corrected chi connectivity index (χ1v) is 8.29. The zero-order chi connectivity index (χ0) is 15.7. The molecule has 2 heterocycles. The predicted molar refractivity (Wildman–Crippen MR) is 92.9 cm³/mol. The zero-order valence-electron chi connectivity index (χ0n) is 12.5. The molecule has 0 aliphatic carbocycles. The van der Waals surface area contributed by atoms with Crippen molar-refractivity contribution < 1.29 is 9.72 Å². The van der Waals surface area contributed by atoms with Crippen LogP contribution in [0.25, 0.3) is 0 Å². The average Bonchev–Trinajstić information content (AvgIpc) is 2.80. The second-order valence-corrected chi connectivity index (χ2v) is 6.94. The van der Waals surface area contributed by atoms with E-state index in [4.69, 9.17) is 0 Å². The number of carbonyl (C=O) groups excluding carboxylic acids is 1. The van der Waals surface area contributed by atoms with Crippen LogP contribution in [0.5, 0.6) is 0 Å². The highest BCUT2D eigenvalue weighted by Crippen LogP contribution is 2.27. The van der Waals surface area contributed by atoms with E-state index in [1.54, 1.807) is 6.07 Å². The molecule has 2 fully saturated rings. The van der Waals surface area contributed by atoms with Crippen molar-refractivity contribution in [2.24, 2.45) is 0 Å². The number of non-ortho nitro benzene ring substituents is 1. The Kier molecular flexibility index (Phi) is 6.00. The minimum Gasteiger partial charge on any atom is -0.353 e. The van der Waals surface area contributed by atoms with Gasteiger partial charge < -0.3 is 10.6 Å². The van der Waals surface area contributed by atoms with E-state index in [1.165, 1.54) is 25.0 Å². The lowest BCUT2D eigenvalue weighted by Gasteiger charge is -2.29. The number of nitrogens with one attached hydrogen (secondary N) is 2. The summed E-state index contributed by atoms with van der Waals surface area (Å²) >= 11 is 3.30. The first-order valence-electron chi connectivity index (χ1n) is 7.49. The molecule has 2 N–H and O–H groups in total. The molecule has 0 saturated carbocycles. The molecule has 2 unspecified atom stereocenters. The molecular weight excluding hydrogens is 386 g/mol. The van der Waals surface area contributed by atoms with Gasteiger partial charge >= 0.3 is 0 Å². The monoisotopic (exact) mass is 403 g/mol. The summed E-state index contributed by atoms with van der Waals surface area (Å²) in [5.41, 5.74) is 0.783. The molecule has 126 valence electrons. The highest BCUT2D eigenvalue weighted by molar-refractivity contribution is 9.10. The fourth-order valence-electron chi connectivity index (χ4n) is 3.42. The van der Waals surface area contributed by atoms with Crippen LogP contribution in [-0.2, 0) is 11.2 Å². The van der Waals surface area contributed by atoms with Crippen molar-refractivity contribution in [3.05, 3.63) is 38.3 Å². The van der Waals surface area contributed by atoms with E-state index in [1.807, 2.05) is 0 Å². The van der Waals surface area contributed by atoms with Crippen LogP contribution in [0.2, 0.25) is 0 Å². The van der Waals surface area contributed by atoms with Gasteiger partial charge in [0.1, 0.15) is 0 Å². The van der Waals surface area contributed by atoms with Crippen molar-refractivity contribution in [1.82, 2.24) is 10.6 Å². The number of amides is 1.